The van der Waals surface area contributed by atoms with Crippen molar-refractivity contribution in [3.8, 4) is 11.5 Å². The molecule has 0 saturated carbocycles. The number of fused-ring (bicyclic) bond motifs is 1. The van der Waals surface area contributed by atoms with Crippen LogP contribution in [-0.2, 0) is 6.54 Å². The number of ether oxygens (including phenoxy) is 2. The van der Waals surface area contributed by atoms with Gasteiger partial charge in [0.1, 0.15) is 17.3 Å². The molecule has 1 aliphatic heterocycles. The van der Waals surface area contributed by atoms with E-state index in [4.69, 9.17) is 14.1 Å². The summed E-state index contributed by atoms with van der Waals surface area (Å²) in [5, 5.41) is 3.67. The van der Waals surface area contributed by atoms with Crippen LogP contribution in [0.25, 0.3) is 11.0 Å². The number of nitrogens with zero attached hydrogens (tertiary/aromatic N) is 4. The number of hydrogen-bond donors (Lipinski definition) is 1. The van der Waals surface area contributed by atoms with Gasteiger partial charge in [-0.05, 0) is 79.9 Å². The van der Waals surface area contributed by atoms with Crippen LogP contribution in [0.2, 0.25) is 0 Å². The number of imidazole rings is 1. The normalized spacial score (nSPS) is 14.8. The average molecular weight is 694 g/mol. The number of halogens is 4. The molecule has 6 rings (SSSR count). The monoisotopic (exact) mass is 693 g/mol. The summed E-state index contributed by atoms with van der Waals surface area (Å²) < 4.78 is 70.1. The molecule has 1 fully saturated rings. The van der Waals surface area contributed by atoms with Crippen LogP contribution in [0.15, 0.2) is 89.7 Å². The van der Waals surface area contributed by atoms with Gasteiger partial charge in [-0.3, -0.25) is 4.79 Å². The van der Waals surface area contributed by atoms with Crippen molar-refractivity contribution in [2.45, 2.75) is 44.1 Å². The Hall–Kier alpha value is -5.04. The number of methoxy groups -OCH3 is 1. The summed E-state index contributed by atoms with van der Waals surface area (Å²) in [4.78, 5) is 22.2. The van der Waals surface area contributed by atoms with Crippen LogP contribution in [0.5, 0.6) is 11.5 Å². The first-order chi connectivity index (χ1) is 24.1. The van der Waals surface area contributed by atoms with E-state index in [2.05, 4.69) is 25.6 Å². The van der Waals surface area contributed by atoms with Gasteiger partial charge in [-0.1, -0.05) is 24.3 Å². The van der Waals surface area contributed by atoms with Gasteiger partial charge in [0.2, 0.25) is 5.95 Å². The lowest BCUT2D eigenvalue weighted by atomic mass is 9.94. The molecule has 9 nitrogen and oxygen atoms in total. The maximum absolute atomic E-state index is 13.9. The van der Waals surface area contributed by atoms with Crippen molar-refractivity contribution in [1.82, 2.24) is 19.4 Å². The van der Waals surface area contributed by atoms with Crippen LogP contribution < -0.4 is 14.8 Å². The molecule has 1 N–H and O–H groups in total. The Bertz CT molecular complexity index is 1870. The fourth-order valence-electron chi connectivity index (χ4n) is 6.47. The van der Waals surface area contributed by atoms with E-state index in [0.29, 0.717) is 13.0 Å². The Balaban J connectivity index is 1.10. The molecule has 50 heavy (non-hydrogen) atoms. The predicted octanol–water partition coefficient (Wildman–Crippen LogP) is 7.55. The lowest BCUT2D eigenvalue weighted by Gasteiger charge is -2.34. The average Bonchev–Trinajstić information content (AvgIpc) is 3.75. The summed E-state index contributed by atoms with van der Waals surface area (Å²) in [7, 11) is 2.90. The third-order valence-electron chi connectivity index (χ3n) is 9.12. The molecule has 1 aliphatic rings. The Kier molecular flexibility index (Phi) is 10.6. The minimum absolute atomic E-state index is 0.192. The number of likely N-dealkylation sites (N-methyl/N-ethyl adjacent to an activating group) is 1. The van der Waals surface area contributed by atoms with E-state index in [-0.39, 0.29) is 35.6 Å². The number of alkyl halides is 3. The molecule has 0 spiro atoms. The molecule has 13 heteroatoms. The van der Waals surface area contributed by atoms with Gasteiger partial charge in [-0.2, -0.15) is 0 Å². The number of carbonyl (C=O) groups is 1. The first-order valence-electron chi connectivity index (χ1n) is 16.5. The summed E-state index contributed by atoms with van der Waals surface area (Å²) in [6, 6.07) is 19.9. The first kappa shape index (κ1) is 34.8. The number of hydrogen-bond acceptors (Lipinski definition) is 7. The highest BCUT2D eigenvalue weighted by molar-refractivity contribution is 5.97. The van der Waals surface area contributed by atoms with Crippen molar-refractivity contribution in [3.05, 3.63) is 108 Å². The Morgan fingerprint density at radius 2 is 1.84 bits per heavy atom. The number of piperidine rings is 1. The van der Waals surface area contributed by atoms with Gasteiger partial charge in [0.05, 0.1) is 42.8 Å². The van der Waals surface area contributed by atoms with Crippen LogP contribution in [0.4, 0.5) is 23.5 Å². The van der Waals surface area contributed by atoms with Crippen LogP contribution in [0, 0.1) is 5.82 Å². The second kappa shape index (κ2) is 15.2. The van der Waals surface area contributed by atoms with Crippen LogP contribution >= 0.6 is 0 Å². The van der Waals surface area contributed by atoms with Crippen molar-refractivity contribution in [2.75, 3.05) is 45.7 Å². The number of para-hydroxylation sites is 2. The zero-order valence-corrected chi connectivity index (χ0v) is 27.8. The number of amides is 1. The standard InChI is InChI=1S/C37H39F4N5O4/c1-44(35(47)31-21-30(48-2)11-12-34(31)50-37(39,40)41)23-27(26-7-9-28(38)10-8-26)13-17-45-18-14-29(15-19-45)42-36-43-32-5-3-4-6-33(32)46(36)22-25-16-20-49-24-25/h3-12,16,20-21,24,27,29H,13-15,17-19,22-23H2,1-2H3,(H,42,43). The lowest BCUT2D eigenvalue weighted by molar-refractivity contribution is -0.274. The zero-order valence-electron chi connectivity index (χ0n) is 27.8. The third kappa shape index (κ3) is 8.57. The highest BCUT2D eigenvalue weighted by Crippen LogP contribution is 2.32. The van der Waals surface area contributed by atoms with E-state index in [1.54, 1.807) is 24.7 Å². The van der Waals surface area contributed by atoms with Gasteiger partial charge in [0.15, 0.2) is 0 Å². The summed E-state index contributed by atoms with van der Waals surface area (Å²) in [6.07, 6.45) is 0.863. The number of likely N-dealkylation sites (tertiary alicyclic amines) is 1. The van der Waals surface area contributed by atoms with Gasteiger partial charge in [-0.15, -0.1) is 13.2 Å². The van der Waals surface area contributed by atoms with Crippen molar-refractivity contribution in [1.29, 1.82) is 0 Å². The first-order valence-corrected chi connectivity index (χ1v) is 16.5. The molecule has 1 amide bonds. The Labute approximate surface area is 287 Å². The highest BCUT2D eigenvalue weighted by atomic mass is 19.4. The molecular formula is C37H39F4N5O4. The van der Waals surface area contributed by atoms with Crippen LogP contribution in [0.3, 0.4) is 0 Å². The van der Waals surface area contributed by atoms with Gasteiger partial charge in [0, 0.05) is 44.2 Å². The Morgan fingerprint density at radius 3 is 2.54 bits per heavy atom. The van der Waals surface area contributed by atoms with E-state index in [9.17, 15) is 22.4 Å². The van der Waals surface area contributed by atoms with Gasteiger partial charge >= 0.3 is 6.36 Å². The number of anilines is 1. The number of aromatic nitrogens is 2. The summed E-state index contributed by atoms with van der Waals surface area (Å²) >= 11 is 0. The molecular weight excluding hydrogens is 654 g/mol. The second-order valence-corrected chi connectivity index (χ2v) is 12.5. The number of nitrogens with one attached hydrogen (secondary N) is 1. The molecule has 1 atom stereocenters. The van der Waals surface area contributed by atoms with Crippen molar-refractivity contribution in [3.63, 3.8) is 0 Å². The fraction of sp³-hybridized carbons (Fsp3) is 0.351. The molecule has 0 aliphatic carbocycles. The summed E-state index contributed by atoms with van der Waals surface area (Å²) in [6.45, 7) is 3.22. The number of benzene rings is 3. The number of furan rings is 1. The maximum Gasteiger partial charge on any atom is 0.573 e. The minimum Gasteiger partial charge on any atom is -0.497 e. The molecule has 1 unspecified atom stereocenters. The molecule has 0 bridgehead atoms. The fourth-order valence-corrected chi connectivity index (χ4v) is 6.47. The lowest BCUT2D eigenvalue weighted by Crippen LogP contribution is -2.40. The minimum atomic E-state index is -4.98. The van der Waals surface area contributed by atoms with E-state index in [0.717, 1.165) is 66.7 Å². The second-order valence-electron chi connectivity index (χ2n) is 12.5. The number of carbonyl (C=O) groups excluding carboxylic acids is 1. The van der Waals surface area contributed by atoms with Crippen molar-refractivity contribution < 1.29 is 36.2 Å². The molecule has 5 aromatic rings. The summed E-state index contributed by atoms with van der Waals surface area (Å²) in [5.74, 6) is -0.812. The molecule has 1 saturated heterocycles. The molecule has 0 radical (unpaired) electrons. The topological polar surface area (TPSA) is 85.0 Å². The molecule has 2 aromatic heterocycles. The van der Waals surface area contributed by atoms with E-state index in [1.165, 1.54) is 43.3 Å². The summed E-state index contributed by atoms with van der Waals surface area (Å²) in [5.41, 5.74) is 3.57. The van der Waals surface area contributed by atoms with E-state index < -0.39 is 18.0 Å². The van der Waals surface area contributed by atoms with Crippen LogP contribution in [-0.4, -0.2) is 78.0 Å². The zero-order chi connectivity index (χ0) is 35.3. The molecule has 264 valence electrons. The Morgan fingerprint density at radius 1 is 1.08 bits per heavy atom. The SMILES string of the molecule is COc1ccc(OC(F)(F)F)c(C(=O)N(C)CC(CCN2CCC(Nc3nc4ccccc4n3Cc3ccoc3)CC2)c2ccc(F)cc2)c1. The van der Waals surface area contributed by atoms with E-state index in [1.807, 2.05) is 24.3 Å². The largest absolute Gasteiger partial charge is 0.573 e. The maximum atomic E-state index is 13.9. The highest BCUT2D eigenvalue weighted by Gasteiger charge is 2.34. The van der Waals surface area contributed by atoms with Gasteiger partial charge < -0.3 is 33.6 Å². The molecule has 3 aromatic carbocycles. The quantitative estimate of drug-likeness (QED) is 0.128. The predicted molar refractivity (Wildman–Crippen MR) is 181 cm³/mol. The van der Waals surface area contributed by atoms with E-state index >= 15 is 0 Å². The van der Waals surface area contributed by atoms with Gasteiger partial charge in [0.25, 0.3) is 5.91 Å². The van der Waals surface area contributed by atoms with Crippen molar-refractivity contribution in [2.24, 2.45) is 0 Å². The van der Waals surface area contributed by atoms with Crippen molar-refractivity contribution >= 4 is 22.9 Å². The molecule has 3 heterocycles. The smallest absolute Gasteiger partial charge is 0.497 e. The third-order valence-corrected chi connectivity index (χ3v) is 9.12. The van der Waals surface area contributed by atoms with Gasteiger partial charge in [-0.25, -0.2) is 9.37 Å². The van der Waals surface area contributed by atoms with Crippen LogP contribution in [0.1, 0.15) is 46.7 Å². The number of rotatable bonds is 13.